The Morgan fingerprint density at radius 2 is 2.38 bits per heavy atom. The first-order chi connectivity index (χ1) is 6.31. The molecule has 1 aromatic carbocycles. The highest BCUT2D eigenvalue weighted by Gasteiger charge is 2.20. The molecule has 1 atom stereocenters. The Labute approximate surface area is 84.5 Å². The zero-order chi connectivity index (χ0) is 9.26. The smallest absolute Gasteiger partial charge is 0.0631 e. The molecule has 0 saturated carbocycles. The Hall–Kier alpha value is -0.990. The summed E-state index contributed by atoms with van der Waals surface area (Å²) in [6, 6.07) is 6.17. The molecule has 0 spiro atoms. The maximum Gasteiger partial charge on any atom is 0.0631 e. The van der Waals surface area contributed by atoms with Crippen LogP contribution < -0.4 is 0 Å². The molecule has 66 valence electrons. The van der Waals surface area contributed by atoms with Gasteiger partial charge in [0.15, 0.2) is 0 Å². The first kappa shape index (κ1) is 8.60. The number of hydrogen-bond donors (Lipinski definition) is 0. The Balaban J connectivity index is 2.43. The second-order valence-corrected chi connectivity index (χ2v) is 4.02. The SMILES string of the molecule is [N-]=[N+]=N[C@@H]1CCc2cc(Br)ccc21. The predicted molar refractivity (Wildman–Crippen MR) is 54.4 cm³/mol. The molecule has 2 rings (SSSR count). The van der Waals surface area contributed by atoms with Crippen molar-refractivity contribution in [2.24, 2.45) is 5.11 Å². The summed E-state index contributed by atoms with van der Waals surface area (Å²) in [4.78, 5) is 2.85. The van der Waals surface area contributed by atoms with Crippen LogP contribution in [0, 0.1) is 0 Å². The van der Waals surface area contributed by atoms with E-state index in [9.17, 15) is 0 Å². The van der Waals surface area contributed by atoms with Crippen molar-refractivity contribution in [1.82, 2.24) is 0 Å². The van der Waals surface area contributed by atoms with Gasteiger partial charge in [-0.15, -0.1) is 0 Å². The first-order valence-corrected chi connectivity index (χ1v) is 4.93. The minimum absolute atomic E-state index is 0.0492. The minimum Gasteiger partial charge on any atom is -0.0859 e. The summed E-state index contributed by atoms with van der Waals surface area (Å²) in [5, 5.41) is 3.76. The first-order valence-electron chi connectivity index (χ1n) is 4.14. The van der Waals surface area contributed by atoms with Crippen molar-refractivity contribution in [3.8, 4) is 0 Å². The molecule has 0 amide bonds. The van der Waals surface area contributed by atoms with Crippen LogP contribution in [0.3, 0.4) is 0 Å². The van der Waals surface area contributed by atoms with E-state index in [0.717, 1.165) is 17.3 Å². The van der Waals surface area contributed by atoms with Gasteiger partial charge in [0.05, 0.1) is 6.04 Å². The molecule has 0 heterocycles. The molecule has 0 saturated heterocycles. The van der Waals surface area contributed by atoms with Crippen molar-refractivity contribution in [2.75, 3.05) is 0 Å². The number of halogens is 1. The number of rotatable bonds is 1. The van der Waals surface area contributed by atoms with Gasteiger partial charge >= 0.3 is 0 Å². The number of azide groups is 1. The maximum atomic E-state index is 8.36. The summed E-state index contributed by atoms with van der Waals surface area (Å²) in [5.74, 6) is 0. The van der Waals surface area contributed by atoms with Crippen LogP contribution in [0.5, 0.6) is 0 Å². The lowest BCUT2D eigenvalue weighted by molar-refractivity contribution is 0.707. The fraction of sp³-hybridized carbons (Fsp3) is 0.333. The fourth-order valence-corrected chi connectivity index (χ4v) is 2.15. The molecule has 1 aliphatic carbocycles. The van der Waals surface area contributed by atoms with Crippen LogP contribution in [0.2, 0.25) is 0 Å². The molecule has 0 fully saturated rings. The molecule has 0 unspecified atom stereocenters. The molecule has 3 nitrogen and oxygen atoms in total. The molecular formula is C9H8BrN3. The van der Waals surface area contributed by atoms with Crippen molar-refractivity contribution in [3.05, 3.63) is 44.2 Å². The molecule has 1 aliphatic rings. The van der Waals surface area contributed by atoms with Crippen molar-refractivity contribution >= 4 is 15.9 Å². The van der Waals surface area contributed by atoms with E-state index in [0.29, 0.717) is 0 Å². The molecule has 0 bridgehead atoms. The molecule has 0 N–H and O–H groups in total. The fourth-order valence-electron chi connectivity index (χ4n) is 1.75. The standard InChI is InChI=1S/C9H8BrN3/c10-7-2-3-8-6(5-7)1-4-9(8)12-13-11/h2-3,5,9H,1,4H2/t9-/m1/s1. The number of hydrogen-bond acceptors (Lipinski definition) is 1. The van der Waals surface area contributed by atoms with Gasteiger partial charge in [-0.2, -0.15) is 0 Å². The van der Waals surface area contributed by atoms with Crippen LogP contribution in [0.15, 0.2) is 27.8 Å². The predicted octanol–water partition coefficient (Wildman–Crippen LogP) is 3.75. The van der Waals surface area contributed by atoms with Gasteiger partial charge in [0.1, 0.15) is 0 Å². The van der Waals surface area contributed by atoms with Gasteiger partial charge in [-0.3, -0.25) is 0 Å². The highest BCUT2D eigenvalue weighted by molar-refractivity contribution is 9.10. The second-order valence-electron chi connectivity index (χ2n) is 3.10. The van der Waals surface area contributed by atoms with Crippen LogP contribution >= 0.6 is 15.9 Å². The Bertz CT molecular complexity index is 382. The molecule has 4 heteroatoms. The lowest BCUT2D eigenvalue weighted by Crippen LogP contribution is -1.86. The van der Waals surface area contributed by atoms with Gasteiger partial charge in [-0.25, -0.2) is 0 Å². The van der Waals surface area contributed by atoms with Crippen LogP contribution in [-0.4, -0.2) is 0 Å². The van der Waals surface area contributed by atoms with Gasteiger partial charge in [0.25, 0.3) is 0 Å². The monoisotopic (exact) mass is 237 g/mol. The maximum absolute atomic E-state index is 8.36. The Morgan fingerprint density at radius 1 is 1.54 bits per heavy atom. The van der Waals surface area contributed by atoms with E-state index in [1.165, 1.54) is 11.1 Å². The Kier molecular flexibility index (Phi) is 2.25. The summed E-state index contributed by atoms with van der Waals surface area (Å²) in [7, 11) is 0. The quantitative estimate of drug-likeness (QED) is 0.406. The number of benzene rings is 1. The van der Waals surface area contributed by atoms with Crippen LogP contribution in [0.4, 0.5) is 0 Å². The van der Waals surface area contributed by atoms with E-state index >= 15 is 0 Å². The molecule has 13 heavy (non-hydrogen) atoms. The summed E-state index contributed by atoms with van der Waals surface area (Å²) in [5.41, 5.74) is 10.8. The van der Waals surface area contributed by atoms with E-state index in [2.05, 4.69) is 32.0 Å². The summed E-state index contributed by atoms with van der Waals surface area (Å²) < 4.78 is 1.09. The van der Waals surface area contributed by atoms with E-state index in [1.807, 2.05) is 12.1 Å². The average molecular weight is 238 g/mol. The minimum atomic E-state index is 0.0492. The highest BCUT2D eigenvalue weighted by atomic mass is 79.9. The van der Waals surface area contributed by atoms with E-state index in [1.54, 1.807) is 0 Å². The van der Waals surface area contributed by atoms with Gasteiger partial charge in [0.2, 0.25) is 0 Å². The van der Waals surface area contributed by atoms with E-state index in [-0.39, 0.29) is 6.04 Å². The third kappa shape index (κ3) is 1.55. The largest absolute Gasteiger partial charge is 0.0859 e. The van der Waals surface area contributed by atoms with Crippen molar-refractivity contribution in [2.45, 2.75) is 18.9 Å². The van der Waals surface area contributed by atoms with Gasteiger partial charge in [0, 0.05) is 9.38 Å². The molecule has 0 radical (unpaired) electrons. The molecule has 0 aliphatic heterocycles. The number of nitrogens with zero attached hydrogens (tertiary/aromatic N) is 3. The zero-order valence-corrected chi connectivity index (χ0v) is 8.53. The topological polar surface area (TPSA) is 48.8 Å². The van der Waals surface area contributed by atoms with Crippen LogP contribution in [0.25, 0.3) is 10.4 Å². The van der Waals surface area contributed by atoms with Gasteiger partial charge in [-0.05, 0) is 41.6 Å². The van der Waals surface area contributed by atoms with Crippen LogP contribution in [0.1, 0.15) is 23.6 Å². The summed E-state index contributed by atoms with van der Waals surface area (Å²) in [6.45, 7) is 0. The Morgan fingerprint density at radius 3 is 3.15 bits per heavy atom. The zero-order valence-electron chi connectivity index (χ0n) is 6.94. The lowest BCUT2D eigenvalue weighted by Gasteiger charge is -2.03. The number of aryl methyl sites for hydroxylation is 1. The van der Waals surface area contributed by atoms with Crippen LogP contribution in [-0.2, 0) is 6.42 Å². The van der Waals surface area contributed by atoms with E-state index < -0.39 is 0 Å². The third-order valence-corrected chi connectivity index (χ3v) is 2.84. The van der Waals surface area contributed by atoms with Gasteiger partial charge in [-0.1, -0.05) is 27.1 Å². The van der Waals surface area contributed by atoms with Crippen molar-refractivity contribution in [3.63, 3.8) is 0 Å². The van der Waals surface area contributed by atoms with Gasteiger partial charge < -0.3 is 0 Å². The normalized spacial score (nSPS) is 19.3. The average Bonchev–Trinajstić information content (AvgIpc) is 2.49. The highest BCUT2D eigenvalue weighted by Crippen LogP contribution is 2.35. The van der Waals surface area contributed by atoms with E-state index in [4.69, 9.17) is 5.53 Å². The lowest BCUT2D eigenvalue weighted by atomic mass is 10.1. The summed E-state index contributed by atoms with van der Waals surface area (Å²) >= 11 is 3.42. The molecular weight excluding hydrogens is 230 g/mol. The number of fused-ring (bicyclic) bond motifs is 1. The van der Waals surface area contributed by atoms with Crippen molar-refractivity contribution < 1.29 is 0 Å². The second kappa shape index (κ2) is 3.40. The van der Waals surface area contributed by atoms with Crippen molar-refractivity contribution in [1.29, 1.82) is 0 Å². The summed E-state index contributed by atoms with van der Waals surface area (Å²) in [6.07, 6.45) is 1.95. The molecule has 1 aromatic rings. The molecule has 0 aromatic heterocycles. The third-order valence-electron chi connectivity index (χ3n) is 2.34.